The first-order chi connectivity index (χ1) is 11.9. The van der Waals surface area contributed by atoms with Gasteiger partial charge in [0.1, 0.15) is 23.1 Å². The van der Waals surface area contributed by atoms with Crippen molar-refractivity contribution in [1.29, 1.82) is 0 Å². The summed E-state index contributed by atoms with van der Waals surface area (Å²) in [6, 6.07) is 2.92. The quantitative estimate of drug-likeness (QED) is 0.501. The molecular formula is C15H16N8O2. The summed E-state index contributed by atoms with van der Waals surface area (Å²) >= 11 is 0. The molecule has 0 aromatic carbocycles. The standard InChI is InChI=1S/C15H16N8O2/c1-8(12(16)24)20-15-19-6-10(13(17)25)14(22-15)21-9-2-3-11-18-4-5-23(11)7-9/h2-8H,1H3,(H2,16,24)(H2,17,25)(H2,19,20,21,22). The summed E-state index contributed by atoms with van der Waals surface area (Å²) in [6.45, 7) is 1.58. The number of carbonyl (C=O) groups excluding carboxylic acids is 2. The molecule has 0 radical (unpaired) electrons. The van der Waals surface area contributed by atoms with Crippen LogP contribution in [0.25, 0.3) is 5.65 Å². The van der Waals surface area contributed by atoms with Crippen molar-refractivity contribution >= 4 is 34.9 Å². The maximum Gasteiger partial charge on any atom is 0.254 e. The Kier molecular flexibility index (Phi) is 4.16. The van der Waals surface area contributed by atoms with E-state index in [9.17, 15) is 9.59 Å². The Bertz CT molecular complexity index is 952. The van der Waals surface area contributed by atoms with E-state index in [0.29, 0.717) is 5.69 Å². The molecule has 0 aliphatic rings. The van der Waals surface area contributed by atoms with Crippen LogP contribution in [-0.2, 0) is 4.79 Å². The van der Waals surface area contributed by atoms with E-state index < -0.39 is 17.9 Å². The monoisotopic (exact) mass is 340 g/mol. The third-order valence-corrected chi connectivity index (χ3v) is 3.48. The van der Waals surface area contributed by atoms with Crippen molar-refractivity contribution in [2.24, 2.45) is 11.5 Å². The molecule has 3 heterocycles. The predicted octanol–water partition coefficient (Wildman–Crippen LogP) is 0.252. The smallest absolute Gasteiger partial charge is 0.254 e. The minimum Gasteiger partial charge on any atom is -0.368 e. The molecule has 3 aromatic rings. The lowest BCUT2D eigenvalue weighted by Gasteiger charge is -2.13. The third-order valence-electron chi connectivity index (χ3n) is 3.48. The Hall–Kier alpha value is -3.69. The number of hydrogen-bond acceptors (Lipinski definition) is 7. The summed E-state index contributed by atoms with van der Waals surface area (Å²) in [5, 5.41) is 5.78. The number of aromatic nitrogens is 4. The van der Waals surface area contributed by atoms with Crippen LogP contribution in [0.1, 0.15) is 17.3 Å². The Morgan fingerprint density at radius 1 is 1.24 bits per heavy atom. The van der Waals surface area contributed by atoms with Crippen molar-refractivity contribution in [2.75, 3.05) is 10.6 Å². The number of nitrogens with one attached hydrogen (secondary N) is 2. The van der Waals surface area contributed by atoms with Gasteiger partial charge in [0.2, 0.25) is 11.9 Å². The van der Waals surface area contributed by atoms with E-state index in [0.717, 1.165) is 5.65 Å². The molecule has 0 aliphatic carbocycles. The van der Waals surface area contributed by atoms with Gasteiger partial charge in [-0.25, -0.2) is 9.97 Å². The lowest BCUT2D eigenvalue weighted by Crippen LogP contribution is -2.33. The van der Waals surface area contributed by atoms with Crippen LogP contribution >= 0.6 is 0 Å². The van der Waals surface area contributed by atoms with E-state index in [1.165, 1.54) is 6.20 Å². The topological polar surface area (TPSA) is 153 Å². The number of fused-ring (bicyclic) bond motifs is 1. The van der Waals surface area contributed by atoms with Crippen molar-refractivity contribution in [3.05, 3.63) is 42.5 Å². The highest BCUT2D eigenvalue weighted by atomic mass is 16.1. The second-order valence-electron chi connectivity index (χ2n) is 5.32. The van der Waals surface area contributed by atoms with Crippen LogP contribution in [0.5, 0.6) is 0 Å². The highest BCUT2D eigenvalue weighted by molar-refractivity contribution is 5.98. The lowest BCUT2D eigenvalue weighted by atomic mass is 10.3. The molecule has 128 valence electrons. The molecule has 10 nitrogen and oxygen atoms in total. The van der Waals surface area contributed by atoms with Gasteiger partial charge in [-0.1, -0.05) is 0 Å². The van der Waals surface area contributed by atoms with Crippen molar-refractivity contribution in [2.45, 2.75) is 13.0 Å². The maximum absolute atomic E-state index is 11.6. The fraction of sp³-hybridized carbons (Fsp3) is 0.133. The van der Waals surface area contributed by atoms with E-state index in [1.54, 1.807) is 31.6 Å². The molecule has 3 aromatic heterocycles. The second-order valence-corrected chi connectivity index (χ2v) is 5.32. The van der Waals surface area contributed by atoms with Crippen LogP contribution in [0, 0.1) is 0 Å². The molecular weight excluding hydrogens is 324 g/mol. The van der Waals surface area contributed by atoms with Gasteiger partial charge in [-0.15, -0.1) is 0 Å². The minimum atomic E-state index is -0.680. The SMILES string of the molecule is CC(Nc1ncc(C(N)=O)c(Nc2ccc3nccn3c2)n1)C(N)=O. The zero-order chi connectivity index (χ0) is 18.0. The molecule has 0 saturated carbocycles. The number of nitrogens with zero attached hydrogens (tertiary/aromatic N) is 4. The Labute approximate surface area is 142 Å². The molecule has 10 heteroatoms. The molecule has 25 heavy (non-hydrogen) atoms. The van der Waals surface area contributed by atoms with Crippen molar-refractivity contribution in [3.8, 4) is 0 Å². The number of primary amides is 2. The summed E-state index contributed by atoms with van der Waals surface area (Å²) in [5.74, 6) is -0.882. The molecule has 0 bridgehead atoms. The van der Waals surface area contributed by atoms with Gasteiger partial charge in [-0.05, 0) is 19.1 Å². The second kappa shape index (κ2) is 6.43. The summed E-state index contributed by atoms with van der Waals surface area (Å²) in [6.07, 6.45) is 6.53. The molecule has 0 spiro atoms. The number of carbonyl (C=O) groups is 2. The molecule has 3 rings (SSSR count). The van der Waals surface area contributed by atoms with E-state index in [-0.39, 0.29) is 17.3 Å². The largest absolute Gasteiger partial charge is 0.368 e. The van der Waals surface area contributed by atoms with E-state index in [2.05, 4.69) is 25.6 Å². The van der Waals surface area contributed by atoms with Crippen LogP contribution in [0.3, 0.4) is 0 Å². The van der Waals surface area contributed by atoms with E-state index >= 15 is 0 Å². The summed E-state index contributed by atoms with van der Waals surface area (Å²) in [5.41, 5.74) is 12.1. The van der Waals surface area contributed by atoms with Crippen LogP contribution in [0.15, 0.2) is 36.9 Å². The van der Waals surface area contributed by atoms with Gasteiger partial charge in [-0.2, -0.15) is 4.98 Å². The first kappa shape index (κ1) is 16.2. The number of pyridine rings is 1. The molecule has 0 aliphatic heterocycles. The molecule has 0 fully saturated rings. The number of hydrogen-bond donors (Lipinski definition) is 4. The van der Waals surface area contributed by atoms with E-state index in [4.69, 9.17) is 11.5 Å². The molecule has 6 N–H and O–H groups in total. The summed E-state index contributed by atoms with van der Waals surface area (Å²) < 4.78 is 1.81. The van der Waals surface area contributed by atoms with Gasteiger partial charge >= 0.3 is 0 Å². The summed E-state index contributed by atoms with van der Waals surface area (Å²) in [7, 11) is 0. The fourth-order valence-electron chi connectivity index (χ4n) is 2.12. The third kappa shape index (κ3) is 3.47. The normalized spacial score (nSPS) is 11.9. The van der Waals surface area contributed by atoms with Crippen LogP contribution in [-0.4, -0.2) is 37.2 Å². The average molecular weight is 340 g/mol. The Morgan fingerprint density at radius 2 is 2.04 bits per heavy atom. The lowest BCUT2D eigenvalue weighted by molar-refractivity contribution is -0.118. The van der Waals surface area contributed by atoms with Gasteiger partial charge in [-0.3, -0.25) is 9.59 Å². The minimum absolute atomic E-state index is 0.114. The fourth-order valence-corrected chi connectivity index (χ4v) is 2.12. The van der Waals surface area contributed by atoms with Crippen molar-refractivity contribution in [3.63, 3.8) is 0 Å². The first-order valence-corrected chi connectivity index (χ1v) is 7.36. The van der Waals surface area contributed by atoms with Gasteiger partial charge in [0, 0.05) is 24.8 Å². The van der Waals surface area contributed by atoms with Crippen LogP contribution < -0.4 is 22.1 Å². The number of rotatable bonds is 6. The summed E-state index contributed by atoms with van der Waals surface area (Å²) in [4.78, 5) is 35.1. The molecule has 1 atom stereocenters. The average Bonchev–Trinajstić information content (AvgIpc) is 3.02. The van der Waals surface area contributed by atoms with Crippen LogP contribution in [0.4, 0.5) is 17.5 Å². The van der Waals surface area contributed by atoms with Gasteiger partial charge in [0.25, 0.3) is 5.91 Å². The molecule has 0 saturated heterocycles. The van der Waals surface area contributed by atoms with Crippen molar-refractivity contribution in [1.82, 2.24) is 19.4 Å². The highest BCUT2D eigenvalue weighted by Gasteiger charge is 2.15. The van der Waals surface area contributed by atoms with E-state index in [1.807, 2.05) is 10.5 Å². The highest BCUT2D eigenvalue weighted by Crippen LogP contribution is 2.20. The maximum atomic E-state index is 11.6. The first-order valence-electron chi connectivity index (χ1n) is 7.36. The Balaban J connectivity index is 1.93. The predicted molar refractivity (Wildman–Crippen MR) is 91.3 cm³/mol. The van der Waals surface area contributed by atoms with Crippen LogP contribution in [0.2, 0.25) is 0 Å². The molecule has 1 unspecified atom stereocenters. The zero-order valence-electron chi connectivity index (χ0n) is 13.3. The number of anilines is 3. The van der Waals surface area contributed by atoms with Gasteiger partial charge < -0.3 is 26.5 Å². The van der Waals surface area contributed by atoms with Crippen molar-refractivity contribution < 1.29 is 9.59 Å². The zero-order valence-corrected chi connectivity index (χ0v) is 13.3. The Morgan fingerprint density at radius 3 is 2.76 bits per heavy atom. The van der Waals surface area contributed by atoms with Gasteiger partial charge in [0.15, 0.2) is 0 Å². The molecule has 2 amide bonds. The number of nitrogens with two attached hydrogens (primary N) is 2. The van der Waals surface area contributed by atoms with Gasteiger partial charge in [0.05, 0.1) is 5.69 Å². The number of amides is 2. The number of imidazole rings is 1.